The van der Waals surface area contributed by atoms with Crippen LogP contribution < -0.4 is 0 Å². The number of esters is 1. The molecule has 0 bridgehead atoms. The highest BCUT2D eigenvalue weighted by molar-refractivity contribution is 6.36. The van der Waals surface area contributed by atoms with Crippen LogP contribution in [0.25, 0.3) is 0 Å². The first-order valence-electron chi connectivity index (χ1n) is 6.15. The summed E-state index contributed by atoms with van der Waals surface area (Å²) in [4.78, 5) is 11.2. The van der Waals surface area contributed by atoms with Gasteiger partial charge in [-0.25, -0.2) is 0 Å². The zero-order chi connectivity index (χ0) is 17.1. The molecule has 0 heterocycles. The van der Waals surface area contributed by atoms with E-state index in [4.69, 9.17) is 23.2 Å². The van der Waals surface area contributed by atoms with Gasteiger partial charge in [0.2, 0.25) is 0 Å². The highest BCUT2D eigenvalue weighted by atomic mass is 35.5. The maximum atomic E-state index is 12.6. The number of ether oxygens (including phenoxy) is 1. The Kier molecular flexibility index (Phi) is 6.49. The van der Waals surface area contributed by atoms with E-state index in [1.165, 1.54) is 0 Å². The summed E-state index contributed by atoms with van der Waals surface area (Å²) in [6, 6.07) is 1.17. The van der Waals surface area contributed by atoms with E-state index in [9.17, 15) is 28.2 Å². The lowest BCUT2D eigenvalue weighted by Crippen LogP contribution is -2.24. The lowest BCUT2D eigenvalue weighted by atomic mass is 10.0. The van der Waals surface area contributed by atoms with E-state index < -0.39 is 46.4 Å². The quantitative estimate of drug-likeness (QED) is 0.790. The molecule has 0 spiro atoms. The Balaban J connectivity index is 3.03. The smallest absolute Gasteiger partial charge is 0.416 e. The molecular formula is C13H13Cl2F3O4. The van der Waals surface area contributed by atoms with Crippen LogP contribution in [-0.2, 0) is 15.7 Å². The third-order valence-electron chi connectivity index (χ3n) is 2.75. The Labute approximate surface area is 134 Å². The summed E-state index contributed by atoms with van der Waals surface area (Å²) in [6.45, 7) is 1.65. The van der Waals surface area contributed by atoms with E-state index in [1.54, 1.807) is 6.92 Å². The minimum atomic E-state index is -4.65. The van der Waals surface area contributed by atoms with E-state index in [2.05, 4.69) is 4.74 Å². The van der Waals surface area contributed by atoms with Gasteiger partial charge in [0.25, 0.3) is 0 Å². The summed E-state index contributed by atoms with van der Waals surface area (Å²) in [5.74, 6) is -0.770. The van der Waals surface area contributed by atoms with Crippen molar-refractivity contribution in [3.05, 3.63) is 33.3 Å². The van der Waals surface area contributed by atoms with Crippen molar-refractivity contribution >= 4 is 29.2 Å². The SMILES string of the molecule is CCOC(=O)CC(O)C(O)c1c(Cl)cc(C(F)(F)F)cc1Cl. The standard InChI is InChI=1S/C13H13Cl2F3O4/c1-2-22-10(20)5-9(19)12(21)11-7(14)3-6(4-8(11)15)13(16,17)18/h3-4,9,12,19,21H,2,5H2,1H3. The second-order valence-corrected chi connectivity index (χ2v) is 5.19. The Bertz CT molecular complexity index is 526. The molecule has 1 aromatic rings. The number of carbonyl (C=O) groups is 1. The molecule has 9 heteroatoms. The lowest BCUT2D eigenvalue weighted by Gasteiger charge is -2.20. The number of carbonyl (C=O) groups excluding carboxylic acids is 1. The number of halogens is 5. The number of hydrogen-bond donors (Lipinski definition) is 2. The van der Waals surface area contributed by atoms with E-state index in [-0.39, 0.29) is 12.2 Å². The number of benzene rings is 1. The third-order valence-corrected chi connectivity index (χ3v) is 3.37. The molecule has 1 rings (SSSR count). The molecule has 0 radical (unpaired) electrons. The first kappa shape index (κ1) is 19.0. The summed E-state index contributed by atoms with van der Waals surface area (Å²) in [5, 5.41) is 18.8. The molecule has 0 aromatic heterocycles. The first-order valence-corrected chi connectivity index (χ1v) is 6.91. The van der Waals surface area contributed by atoms with Crippen molar-refractivity contribution in [1.29, 1.82) is 0 Å². The molecule has 2 N–H and O–H groups in total. The van der Waals surface area contributed by atoms with Crippen LogP contribution in [0.3, 0.4) is 0 Å². The van der Waals surface area contributed by atoms with E-state index in [1.807, 2.05) is 0 Å². The summed E-state index contributed by atoms with van der Waals surface area (Å²) in [6.07, 6.45) is -8.55. The fourth-order valence-corrected chi connectivity index (χ4v) is 2.44. The predicted octanol–water partition coefficient (Wildman–Crippen LogP) is 3.36. The topological polar surface area (TPSA) is 66.8 Å². The van der Waals surface area contributed by atoms with Crippen molar-refractivity contribution in [2.24, 2.45) is 0 Å². The van der Waals surface area contributed by atoms with Gasteiger partial charge in [0.15, 0.2) is 0 Å². The number of alkyl halides is 3. The van der Waals surface area contributed by atoms with Crippen molar-refractivity contribution in [3.8, 4) is 0 Å². The predicted molar refractivity (Wildman–Crippen MR) is 73.7 cm³/mol. The van der Waals surface area contributed by atoms with Gasteiger partial charge in [0.05, 0.1) is 24.7 Å². The van der Waals surface area contributed by atoms with Gasteiger partial charge in [-0.3, -0.25) is 4.79 Å². The molecule has 0 saturated heterocycles. The second-order valence-electron chi connectivity index (χ2n) is 4.37. The summed E-state index contributed by atoms with van der Waals surface area (Å²) >= 11 is 11.4. The minimum absolute atomic E-state index is 0.0867. The monoisotopic (exact) mass is 360 g/mol. The van der Waals surface area contributed by atoms with Crippen molar-refractivity contribution in [3.63, 3.8) is 0 Å². The van der Waals surface area contributed by atoms with Crippen LogP contribution >= 0.6 is 23.2 Å². The van der Waals surface area contributed by atoms with Gasteiger partial charge in [-0.15, -0.1) is 0 Å². The molecule has 0 fully saturated rings. The number of rotatable bonds is 5. The second kappa shape index (κ2) is 7.50. The molecular weight excluding hydrogens is 348 g/mol. The van der Waals surface area contributed by atoms with Gasteiger partial charge in [-0.05, 0) is 19.1 Å². The Morgan fingerprint density at radius 1 is 1.27 bits per heavy atom. The van der Waals surface area contributed by atoms with Crippen LogP contribution in [-0.4, -0.2) is 28.9 Å². The van der Waals surface area contributed by atoms with Gasteiger partial charge in [-0.1, -0.05) is 23.2 Å². The minimum Gasteiger partial charge on any atom is -0.466 e. The molecule has 2 unspecified atom stereocenters. The van der Waals surface area contributed by atoms with E-state index >= 15 is 0 Å². The van der Waals surface area contributed by atoms with Crippen molar-refractivity contribution < 1.29 is 32.9 Å². The molecule has 0 amide bonds. The highest BCUT2D eigenvalue weighted by Crippen LogP contribution is 2.39. The number of aliphatic hydroxyl groups excluding tert-OH is 2. The normalized spacial score (nSPS) is 14.5. The average Bonchev–Trinajstić information content (AvgIpc) is 2.36. The van der Waals surface area contributed by atoms with Crippen LogP contribution in [0.1, 0.15) is 30.6 Å². The Hall–Kier alpha value is -1.02. The molecule has 124 valence electrons. The van der Waals surface area contributed by atoms with Gasteiger partial charge < -0.3 is 14.9 Å². The summed E-state index contributed by atoms with van der Waals surface area (Å²) in [7, 11) is 0. The van der Waals surface area contributed by atoms with Crippen molar-refractivity contribution in [2.45, 2.75) is 31.7 Å². The molecule has 4 nitrogen and oxygen atoms in total. The largest absolute Gasteiger partial charge is 0.466 e. The van der Waals surface area contributed by atoms with E-state index in [0.717, 1.165) is 0 Å². The third kappa shape index (κ3) is 4.74. The van der Waals surface area contributed by atoms with Crippen molar-refractivity contribution in [1.82, 2.24) is 0 Å². The lowest BCUT2D eigenvalue weighted by molar-refractivity contribution is -0.147. The molecule has 0 aliphatic carbocycles. The molecule has 1 aromatic carbocycles. The van der Waals surface area contributed by atoms with E-state index in [0.29, 0.717) is 12.1 Å². The fraction of sp³-hybridized carbons (Fsp3) is 0.462. The molecule has 0 aliphatic heterocycles. The molecule has 0 saturated carbocycles. The van der Waals surface area contributed by atoms with Crippen molar-refractivity contribution in [2.75, 3.05) is 6.61 Å². The van der Waals surface area contributed by atoms with Gasteiger partial charge >= 0.3 is 12.1 Å². The number of aliphatic hydroxyl groups is 2. The van der Waals surface area contributed by atoms with Crippen LogP contribution in [0.5, 0.6) is 0 Å². The average molecular weight is 361 g/mol. The summed E-state index contributed by atoms with van der Waals surface area (Å²) in [5.41, 5.74) is -1.37. The fourth-order valence-electron chi connectivity index (χ4n) is 1.73. The number of hydrogen-bond acceptors (Lipinski definition) is 4. The molecule has 0 aliphatic rings. The maximum Gasteiger partial charge on any atom is 0.416 e. The highest BCUT2D eigenvalue weighted by Gasteiger charge is 2.34. The van der Waals surface area contributed by atoms with Gasteiger partial charge in [0, 0.05) is 15.6 Å². The molecule has 2 atom stereocenters. The zero-order valence-corrected chi connectivity index (χ0v) is 12.8. The first-order chi connectivity index (χ1) is 10.1. The van der Waals surface area contributed by atoms with Crippen LogP contribution in [0.2, 0.25) is 10.0 Å². The molecule has 22 heavy (non-hydrogen) atoms. The Morgan fingerprint density at radius 3 is 2.18 bits per heavy atom. The van der Waals surface area contributed by atoms with Crippen LogP contribution in [0, 0.1) is 0 Å². The Morgan fingerprint density at radius 2 is 1.77 bits per heavy atom. The maximum absolute atomic E-state index is 12.6. The van der Waals surface area contributed by atoms with Gasteiger partial charge in [0.1, 0.15) is 6.10 Å². The van der Waals surface area contributed by atoms with Crippen LogP contribution in [0.4, 0.5) is 13.2 Å². The van der Waals surface area contributed by atoms with Gasteiger partial charge in [-0.2, -0.15) is 13.2 Å². The summed E-state index contributed by atoms with van der Waals surface area (Å²) < 4.78 is 42.4. The zero-order valence-electron chi connectivity index (χ0n) is 11.3. The van der Waals surface area contributed by atoms with Crippen LogP contribution in [0.15, 0.2) is 12.1 Å².